The van der Waals surface area contributed by atoms with Gasteiger partial charge in [-0.3, -0.25) is 14.4 Å². The van der Waals surface area contributed by atoms with Crippen molar-refractivity contribution in [2.45, 2.75) is 62.7 Å². The summed E-state index contributed by atoms with van der Waals surface area (Å²) in [7, 11) is 1.64. The van der Waals surface area contributed by atoms with Crippen molar-refractivity contribution in [1.29, 1.82) is 0 Å². The summed E-state index contributed by atoms with van der Waals surface area (Å²) < 4.78 is 0. The Bertz CT molecular complexity index is 1220. The summed E-state index contributed by atoms with van der Waals surface area (Å²) in [4.78, 5) is 40.2. The predicted octanol–water partition coefficient (Wildman–Crippen LogP) is 0.0281. The fraction of sp³-hybridized carbons (Fsp3) is 0.483. The monoisotopic (exact) mass is 552 g/mol. The van der Waals surface area contributed by atoms with E-state index in [1.807, 2.05) is 0 Å². The van der Waals surface area contributed by atoms with Crippen LogP contribution in [0.3, 0.4) is 0 Å². The van der Waals surface area contributed by atoms with Gasteiger partial charge in [-0.2, -0.15) is 0 Å². The molecule has 1 unspecified atom stereocenters. The van der Waals surface area contributed by atoms with Crippen molar-refractivity contribution in [3.8, 4) is 22.6 Å². The van der Waals surface area contributed by atoms with Gasteiger partial charge in [-0.1, -0.05) is 12.1 Å². The molecule has 1 fully saturated rings. The molecule has 2 aromatic carbocycles. The highest BCUT2D eigenvalue weighted by Gasteiger charge is 2.30. The minimum absolute atomic E-state index is 0.000178. The lowest BCUT2D eigenvalue weighted by Crippen LogP contribution is -2.57. The van der Waals surface area contributed by atoms with Crippen LogP contribution >= 0.6 is 0 Å². The molecule has 216 valence electrons. The molecule has 9 N–H and O–H groups in total. The first kappa shape index (κ1) is 29.3. The van der Waals surface area contributed by atoms with Gasteiger partial charge in [0.15, 0.2) is 0 Å². The average molecular weight is 553 g/mol. The average Bonchev–Trinajstić information content (AvgIpc) is 3.47. The van der Waals surface area contributed by atoms with Gasteiger partial charge in [-0.05, 0) is 92.3 Å². The first-order valence-electron chi connectivity index (χ1n) is 13.9. The van der Waals surface area contributed by atoms with Crippen LogP contribution in [0.5, 0.6) is 11.5 Å². The molecule has 4 rings (SSSR count). The molecular weight excluding hydrogens is 512 g/mol. The van der Waals surface area contributed by atoms with Gasteiger partial charge in [-0.15, -0.1) is 0 Å². The molecule has 40 heavy (non-hydrogen) atoms. The van der Waals surface area contributed by atoms with Gasteiger partial charge in [0.2, 0.25) is 17.7 Å². The van der Waals surface area contributed by atoms with Crippen molar-refractivity contribution in [2.24, 2.45) is 5.73 Å². The normalized spacial score (nSPS) is 23.4. The Morgan fingerprint density at radius 1 is 1.00 bits per heavy atom. The van der Waals surface area contributed by atoms with Crippen LogP contribution in [0.15, 0.2) is 36.4 Å². The molecule has 3 amide bonds. The molecule has 11 heteroatoms. The number of rotatable bonds is 7. The van der Waals surface area contributed by atoms with E-state index in [-0.39, 0.29) is 42.7 Å². The molecule has 0 radical (unpaired) electrons. The largest absolute Gasteiger partial charge is 0.508 e. The van der Waals surface area contributed by atoms with E-state index >= 15 is 0 Å². The van der Waals surface area contributed by atoms with E-state index in [1.54, 1.807) is 43.4 Å². The zero-order chi connectivity index (χ0) is 28.6. The number of hydrogen-bond donors (Lipinski definition) is 8. The summed E-state index contributed by atoms with van der Waals surface area (Å²) >= 11 is 0. The third-order valence-electron chi connectivity index (χ3n) is 7.65. The number of phenols is 2. The van der Waals surface area contributed by atoms with Crippen LogP contribution in [0.1, 0.15) is 36.8 Å². The van der Waals surface area contributed by atoms with E-state index in [1.165, 1.54) is 0 Å². The van der Waals surface area contributed by atoms with E-state index < -0.39 is 29.9 Å². The number of carbonyl (C=O) groups is 3. The second-order valence-corrected chi connectivity index (χ2v) is 10.5. The number of phenolic OH excluding ortho intramolecular Hbond substituents is 2. The highest BCUT2D eigenvalue weighted by atomic mass is 16.3. The third kappa shape index (κ3) is 7.29. The number of benzene rings is 2. The van der Waals surface area contributed by atoms with Crippen molar-refractivity contribution in [3.63, 3.8) is 0 Å². The number of nitrogens with two attached hydrogens (primary N) is 1. The lowest BCUT2D eigenvalue weighted by molar-refractivity contribution is -0.132. The molecule has 1 saturated heterocycles. The van der Waals surface area contributed by atoms with Gasteiger partial charge >= 0.3 is 0 Å². The molecule has 2 aromatic rings. The van der Waals surface area contributed by atoms with Gasteiger partial charge in [0.05, 0.1) is 6.04 Å². The van der Waals surface area contributed by atoms with Crippen molar-refractivity contribution < 1.29 is 24.6 Å². The van der Waals surface area contributed by atoms with Crippen LogP contribution < -0.4 is 32.3 Å². The van der Waals surface area contributed by atoms with E-state index in [0.717, 1.165) is 30.5 Å². The van der Waals surface area contributed by atoms with Crippen LogP contribution in [0.25, 0.3) is 11.1 Å². The van der Waals surface area contributed by atoms with E-state index in [2.05, 4.69) is 26.6 Å². The summed E-state index contributed by atoms with van der Waals surface area (Å²) in [5.74, 6) is -1.25. The van der Waals surface area contributed by atoms with Crippen LogP contribution in [0, 0.1) is 0 Å². The van der Waals surface area contributed by atoms with Crippen LogP contribution in [-0.2, 0) is 27.2 Å². The number of nitrogens with one attached hydrogen (secondary N) is 5. The Kier molecular flexibility index (Phi) is 9.97. The molecule has 11 nitrogen and oxygen atoms in total. The number of likely N-dealkylation sites (N-methyl/N-ethyl adjacent to an activating group) is 1. The molecule has 4 bridgehead atoms. The van der Waals surface area contributed by atoms with E-state index in [0.29, 0.717) is 30.6 Å². The van der Waals surface area contributed by atoms with Crippen molar-refractivity contribution >= 4 is 17.7 Å². The fourth-order valence-corrected chi connectivity index (χ4v) is 5.25. The Morgan fingerprint density at radius 3 is 2.27 bits per heavy atom. The lowest BCUT2D eigenvalue weighted by Gasteiger charge is -2.25. The summed E-state index contributed by atoms with van der Waals surface area (Å²) in [5.41, 5.74) is 8.27. The maximum atomic E-state index is 13.5. The van der Waals surface area contributed by atoms with Gasteiger partial charge in [0, 0.05) is 25.4 Å². The van der Waals surface area contributed by atoms with Crippen molar-refractivity contribution in [1.82, 2.24) is 26.6 Å². The van der Waals surface area contributed by atoms with Crippen molar-refractivity contribution in [2.75, 3.05) is 26.7 Å². The second kappa shape index (κ2) is 13.6. The van der Waals surface area contributed by atoms with Gasteiger partial charge in [0.1, 0.15) is 23.6 Å². The quantitative estimate of drug-likeness (QED) is 0.237. The summed E-state index contributed by atoms with van der Waals surface area (Å²) in [6.45, 7) is 1.65. The number of hydrogen-bond acceptors (Lipinski definition) is 8. The standard InChI is InChI=1S/C29H40N6O5/c1-31-23-14-19-12-17(6-8-25(19)36)18-7-9-26(37)20(13-18)15-24(27(38)33-16-21-4-3-11-32-21)35-28(39)22(5-2-10-30)34-29(23)40/h6-9,12-13,21-24,31-32,36-37H,2-5,10-11,14-16,30H2,1H3,(H,33,38)(H,34,40)(H,35,39)/t21?,22-,23-,24-/m0/s1. The van der Waals surface area contributed by atoms with Crippen molar-refractivity contribution in [3.05, 3.63) is 47.5 Å². The van der Waals surface area contributed by atoms with Gasteiger partial charge in [-0.25, -0.2) is 0 Å². The predicted molar refractivity (Wildman–Crippen MR) is 152 cm³/mol. The SMILES string of the molecule is CN[C@H]1Cc2cc(ccc2O)-c2ccc(O)c(c2)C[C@@H](C(=O)NCC2CCCN2)NC(=O)[C@H](CCCN)NC1=O. The smallest absolute Gasteiger partial charge is 0.243 e. The fourth-order valence-electron chi connectivity index (χ4n) is 5.25. The number of aromatic hydroxyl groups is 2. The Balaban J connectivity index is 1.72. The zero-order valence-corrected chi connectivity index (χ0v) is 22.8. The number of carbonyl (C=O) groups excluding carboxylic acids is 3. The first-order valence-corrected chi connectivity index (χ1v) is 13.9. The van der Waals surface area contributed by atoms with Crippen LogP contribution in [0.2, 0.25) is 0 Å². The minimum atomic E-state index is -0.993. The summed E-state index contributed by atoms with van der Waals surface area (Å²) in [6.07, 6.45) is 2.98. The Labute approximate surface area is 234 Å². The number of amides is 3. The van der Waals surface area contributed by atoms with Gasteiger partial charge < -0.3 is 42.5 Å². The lowest BCUT2D eigenvalue weighted by atomic mass is 9.95. The highest BCUT2D eigenvalue weighted by Crippen LogP contribution is 2.31. The van der Waals surface area contributed by atoms with Crippen LogP contribution in [0.4, 0.5) is 0 Å². The molecule has 0 spiro atoms. The van der Waals surface area contributed by atoms with Gasteiger partial charge in [0.25, 0.3) is 0 Å². The third-order valence-corrected chi connectivity index (χ3v) is 7.65. The van der Waals surface area contributed by atoms with E-state index in [4.69, 9.17) is 5.73 Å². The first-order chi connectivity index (χ1) is 19.3. The molecular formula is C29H40N6O5. The topological polar surface area (TPSA) is 178 Å². The number of fused-ring (bicyclic) bond motifs is 5. The molecule has 0 aromatic heterocycles. The molecule has 2 aliphatic rings. The van der Waals surface area contributed by atoms with E-state index in [9.17, 15) is 24.6 Å². The maximum absolute atomic E-state index is 13.5. The molecule has 0 saturated carbocycles. The molecule has 4 atom stereocenters. The zero-order valence-electron chi connectivity index (χ0n) is 22.8. The molecule has 2 aliphatic heterocycles. The Hall–Kier alpha value is -3.67. The molecule has 2 heterocycles. The summed E-state index contributed by atoms with van der Waals surface area (Å²) in [5, 5.41) is 36.1. The summed E-state index contributed by atoms with van der Waals surface area (Å²) in [6, 6.07) is 7.73. The second-order valence-electron chi connectivity index (χ2n) is 10.5. The highest BCUT2D eigenvalue weighted by molar-refractivity contribution is 5.93. The Morgan fingerprint density at radius 2 is 1.68 bits per heavy atom. The van der Waals surface area contributed by atoms with Crippen LogP contribution in [-0.4, -0.2) is 78.8 Å². The maximum Gasteiger partial charge on any atom is 0.243 e. The molecule has 0 aliphatic carbocycles. The minimum Gasteiger partial charge on any atom is -0.508 e.